The summed E-state index contributed by atoms with van der Waals surface area (Å²) in [6.07, 6.45) is 1.21. The Morgan fingerprint density at radius 1 is 1.00 bits per heavy atom. The second-order valence-electron chi connectivity index (χ2n) is 7.56. The molecule has 0 aromatic carbocycles. The summed E-state index contributed by atoms with van der Waals surface area (Å²) in [5, 5.41) is 0. The third kappa shape index (κ3) is 3.84. The molecule has 0 atom stereocenters. The van der Waals surface area contributed by atoms with Gasteiger partial charge in [-0.3, -0.25) is 0 Å². The minimum Gasteiger partial charge on any atom is -0.144 e. The van der Waals surface area contributed by atoms with Crippen molar-refractivity contribution in [3.8, 4) is 0 Å². The Hall–Kier alpha value is -0.300. The molecule has 0 saturated heterocycles. The van der Waals surface area contributed by atoms with Crippen molar-refractivity contribution in [2.45, 2.75) is 72.6 Å². The van der Waals surface area contributed by atoms with Crippen LogP contribution >= 0.6 is 11.3 Å². The van der Waals surface area contributed by atoms with Gasteiger partial charge in [-0.05, 0) is 34.8 Å². The van der Waals surface area contributed by atoms with Crippen LogP contribution in [-0.4, -0.2) is 0 Å². The number of hydrogen-bond donors (Lipinski definition) is 0. The predicted octanol–water partition coefficient (Wildman–Crippen LogP) is 5.54. The molecule has 0 unspecified atom stereocenters. The maximum atomic E-state index is 2.45. The first-order valence-corrected chi connectivity index (χ1v) is 7.47. The van der Waals surface area contributed by atoms with Crippen molar-refractivity contribution in [3.63, 3.8) is 0 Å². The van der Waals surface area contributed by atoms with Crippen molar-refractivity contribution < 1.29 is 0 Å². The lowest BCUT2D eigenvalue weighted by Gasteiger charge is -2.20. The molecule has 0 aliphatic carbocycles. The third-order valence-electron chi connectivity index (χ3n) is 2.86. The molecule has 1 rings (SSSR count). The van der Waals surface area contributed by atoms with Crippen LogP contribution in [-0.2, 0) is 17.3 Å². The van der Waals surface area contributed by atoms with Crippen molar-refractivity contribution in [2.75, 3.05) is 0 Å². The standard InChI is InChI=1S/C16H28S/c1-11(2)9-12-10-13(15(3,4)5)17-14(12)16(6,7)8/h10-11H,9H2,1-8H3. The van der Waals surface area contributed by atoms with E-state index in [0.717, 1.165) is 5.92 Å². The third-order valence-corrected chi connectivity index (χ3v) is 4.89. The molecule has 1 aromatic heterocycles. The molecule has 0 spiro atoms. The van der Waals surface area contributed by atoms with Crippen LogP contribution in [0.1, 0.15) is 70.7 Å². The quantitative estimate of drug-likeness (QED) is 0.648. The first kappa shape index (κ1) is 14.8. The molecular formula is C16H28S. The molecule has 0 nitrogen and oxygen atoms in total. The molecule has 98 valence electrons. The van der Waals surface area contributed by atoms with Gasteiger partial charge in [-0.2, -0.15) is 0 Å². The van der Waals surface area contributed by atoms with E-state index in [9.17, 15) is 0 Å². The monoisotopic (exact) mass is 252 g/mol. The van der Waals surface area contributed by atoms with Crippen LogP contribution < -0.4 is 0 Å². The first-order chi connectivity index (χ1) is 7.51. The molecule has 0 amide bonds. The minimum atomic E-state index is 0.276. The molecule has 0 aliphatic rings. The predicted molar refractivity (Wildman–Crippen MR) is 80.3 cm³/mol. The molecule has 1 heterocycles. The van der Waals surface area contributed by atoms with Crippen molar-refractivity contribution in [1.82, 2.24) is 0 Å². The highest BCUT2D eigenvalue weighted by molar-refractivity contribution is 7.12. The van der Waals surface area contributed by atoms with Gasteiger partial charge in [-0.1, -0.05) is 55.4 Å². The van der Waals surface area contributed by atoms with Crippen LogP contribution in [0.2, 0.25) is 0 Å². The molecule has 0 radical (unpaired) electrons. The van der Waals surface area contributed by atoms with Gasteiger partial charge in [-0.25, -0.2) is 0 Å². The maximum absolute atomic E-state index is 2.45. The van der Waals surface area contributed by atoms with Crippen molar-refractivity contribution >= 4 is 11.3 Å². The van der Waals surface area contributed by atoms with Gasteiger partial charge in [0.15, 0.2) is 0 Å². The Bertz CT molecular complexity index is 369. The lowest BCUT2D eigenvalue weighted by Crippen LogP contribution is -2.12. The Morgan fingerprint density at radius 2 is 1.53 bits per heavy atom. The maximum Gasteiger partial charge on any atom is 0.0134 e. The van der Waals surface area contributed by atoms with Gasteiger partial charge >= 0.3 is 0 Å². The number of hydrogen-bond acceptors (Lipinski definition) is 1. The van der Waals surface area contributed by atoms with Crippen molar-refractivity contribution in [2.24, 2.45) is 5.92 Å². The van der Waals surface area contributed by atoms with Gasteiger partial charge in [0.25, 0.3) is 0 Å². The zero-order valence-electron chi connectivity index (χ0n) is 12.8. The topological polar surface area (TPSA) is 0 Å². The summed E-state index contributed by atoms with van der Waals surface area (Å²) < 4.78 is 0. The zero-order valence-corrected chi connectivity index (χ0v) is 13.6. The van der Waals surface area contributed by atoms with E-state index in [4.69, 9.17) is 0 Å². The second-order valence-corrected chi connectivity index (χ2v) is 8.62. The van der Waals surface area contributed by atoms with Crippen molar-refractivity contribution in [1.29, 1.82) is 0 Å². The summed E-state index contributed by atoms with van der Waals surface area (Å²) >= 11 is 2.02. The van der Waals surface area contributed by atoms with Gasteiger partial charge in [0.1, 0.15) is 0 Å². The summed E-state index contributed by atoms with van der Waals surface area (Å²) in [6, 6.07) is 2.45. The minimum absolute atomic E-state index is 0.276. The molecule has 0 N–H and O–H groups in total. The lowest BCUT2D eigenvalue weighted by atomic mass is 9.87. The highest BCUT2D eigenvalue weighted by Crippen LogP contribution is 2.39. The van der Waals surface area contributed by atoms with Gasteiger partial charge in [0.05, 0.1) is 0 Å². The van der Waals surface area contributed by atoms with E-state index in [-0.39, 0.29) is 10.8 Å². The zero-order chi connectivity index (χ0) is 13.4. The van der Waals surface area contributed by atoms with Crippen LogP contribution in [0.25, 0.3) is 0 Å². The van der Waals surface area contributed by atoms with Crippen LogP contribution in [0.5, 0.6) is 0 Å². The van der Waals surface area contributed by atoms with Crippen molar-refractivity contribution in [3.05, 3.63) is 21.4 Å². The molecular weight excluding hydrogens is 224 g/mol. The van der Waals surface area contributed by atoms with Gasteiger partial charge in [0, 0.05) is 9.75 Å². The highest BCUT2D eigenvalue weighted by atomic mass is 32.1. The Balaban J connectivity index is 3.22. The molecule has 0 fully saturated rings. The fraction of sp³-hybridized carbons (Fsp3) is 0.750. The van der Waals surface area contributed by atoms with E-state index in [1.807, 2.05) is 11.3 Å². The van der Waals surface area contributed by atoms with Crippen LogP contribution in [0.3, 0.4) is 0 Å². The van der Waals surface area contributed by atoms with E-state index in [0.29, 0.717) is 0 Å². The number of rotatable bonds is 2. The van der Waals surface area contributed by atoms with Gasteiger partial charge in [-0.15, -0.1) is 11.3 Å². The van der Waals surface area contributed by atoms with Gasteiger partial charge < -0.3 is 0 Å². The summed E-state index contributed by atoms with van der Waals surface area (Å²) in [4.78, 5) is 3.11. The smallest absolute Gasteiger partial charge is 0.0134 e. The normalized spacial score (nSPS) is 13.5. The summed E-state index contributed by atoms with van der Waals surface area (Å²) in [7, 11) is 0. The first-order valence-electron chi connectivity index (χ1n) is 6.65. The molecule has 1 heteroatoms. The Labute approximate surface area is 111 Å². The van der Waals surface area contributed by atoms with Crippen LogP contribution in [0.15, 0.2) is 6.07 Å². The molecule has 17 heavy (non-hydrogen) atoms. The second kappa shape index (κ2) is 4.76. The Kier molecular flexibility index (Phi) is 4.13. The molecule has 0 bridgehead atoms. The van der Waals surface area contributed by atoms with Crippen LogP contribution in [0, 0.1) is 5.92 Å². The molecule has 1 aromatic rings. The summed E-state index contributed by atoms with van der Waals surface area (Å²) in [5.41, 5.74) is 2.13. The lowest BCUT2D eigenvalue weighted by molar-refractivity contribution is 0.579. The highest BCUT2D eigenvalue weighted by Gasteiger charge is 2.25. The van der Waals surface area contributed by atoms with E-state index >= 15 is 0 Å². The molecule has 0 aliphatic heterocycles. The summed E-state index contributed by atoms with van der Waals surface area (Å²) in [5.74, 6) is 0.735. The fourth-order valence-corrected chi connectivity index (χ4v) is 3.33. The number of thiophene rings is 1. The van der Waals surface area contributed by atoms with E-state index < -0.39 is 0 Å². The molecule has 0 saturated carbocycles. The van der Waals surface area contributed by atoms with E-state index in [1.165, 1.54) is 11.3 Å². The SMILES string of the molecule is CC(C)Cc1cc(C(C)(C)C)sc1C(C)(C)C. The van der Waals surface area contributed by atoms with Crippen LogP contribution in [0.4, 0.5) is 0 Å². The van der Waals surface area contributed by atoms with Gasteiger partial charge in [0.2, 0.25) is 0 Å². The average molecular weight is 252 g/mol. The summed E-state index contributed by atoms with van der Waals surface area (Å²) in [6.45, 7) is 18.5. The fourth-order valence-electron chi connectivity index (χ4n) is 2.02. The largest absolute Gasteiger partial charge is 0.144 e. The Morgan fingerprint density at radius 3 is 1.88 bits per heavy atom. The average Bonchev–Trinajstić information content (AvgIpc) is 2.44. The van der Waals surface area contributed by atoms with E-state index in [2.05, 4.69) is 61.5 Å². The van der Waals surface area contributed by atoms with E-state index in [1.54, 1.807) is 10.4 Å².